The lowest BCUT2D eigenvalue weighted by Gasteiger charge is -2.15. The molecule has 1 amide bonds. The fraction of sp³-hybridized carbons (Fsp3) is 0.211. The zero-order valence-electron chi connectivity index (χ0n) is 14.2. The van der Waals surface area contributed by atoms with Crippen LogP contribution in [0.5, 0.6) is 0 Å². The van der Waals surface area contributed by atoms with Gasteiger partial charge in [0.25, 0.3) is 0 Å². The Hall–Kier alpha value is -3.35. The van der Waals surface area contributed by atoms with Gasteiger partial charge in [-0.2, -0.15) is 0 Å². The molecule has 0 aliphatic rings. The van der Waals surface area contributed by atoms with E-state index < -0.39 is 12.1 Å². The number of carbonyl (C=O) groups is 1. The van der Waals surface area contributed by atoms with Crippen molar-refractivity contribution in [3.63, 3.8) is 0 Å². The van der Waals surface area contributed by atoms with Crippen LogP contribution in [0, 0.1) is 0 Å². The van der Waals surface area contributed by atoms with Crippen molar-refractivity contribution in [2.24, 2.45) is 0 Å². The van der Waals surface area contributed by atoms with Gasteiger partial charge in [-0.25, -0.2) is 4.79 Å². The molecule has 0 radical (unpaired) electrons. The van der Waals surface area contributed by atoms with E-state index in [-0.39, 0.29) is 18.5 Å². The predicted octanol–water partition coefficient (Wildman–Crippen LogP) is 3.25. The highest BCUT2D eigenvalue weighted by Crippen LogP contribution is 2.19. The molecule has 3 rings (SSSR count). The number of alkyl carbamates (subject to hydrolysis) is 1. The van der Waals surface area contributed by atoms with Gasteiger partial charge in [0.1, 0.15) is 12.6 Å². The van der Waals surface area contributed by atoms with Gasteiger partial charge < -0.3 is 20.2 Å². The van der Waals surface area contributed by atoms with Crippen molar-refractivity contribution in [1.82, 2.24) is 15.5 Å². The van der Waals surface area contributed by atoms with E-state index >= 15 is 0 Å². The second kappa shape index (κ2) is 8.66. The summed E-state index contributed by atoms with van der Waals surface area (Å²) >= 11 is 0. The fourth-order valence-corrected chi connectivity index (χ4v) is 2.51. The second-order valence-electron chi connectivity index (χ2n) is 5.76. The second-order valence-corrected chi connectivity index (χ2v) is 5.76. The third kappa shape index (κ3) is 5.07. The van der Waals surface area contributed by atoms with Crippen LogP contribution in [-0.2, 0) is 17.8 Å². The smallest absolute Gasteiger partial charge is 0.408 e. The molecule has 1 atom stereocenters. The Morgan fingerprint density at radius 2 is 1.69 bits per heavy atom. The fourth-order valence-electron chi connectivity index (χ4n) is 2.51. The van der Waals surface area contributed by atoms with Crippen LogP contribution in [0.1, 0.15) is 29.5 Å². The number of anilines is 1. The molecule has 0 bridgehead atoms. The van der Waals surface area contributed by atoms with E-state index in [0.717, 1.165) is 17.5 Å². The number of carbonyl (C=O) groups excluding carboxylic acids is 1. The standard InChI is InChI=1S/C19H20N4O3/c20-18-23-22-17(26-18)16(12-11-14-7-3-1-4-8-14)21-19(24)25-13-15-9-5-2-6-10-15/h1-10,16H,11-13H2,(H2,20,23)(H,21,24). The Morgan fingerprint density at radius 1 is 1.04 bits per heavy atom. The third-order valence-electron chi connectivity index (χ3n) is 3.82. The van der Waals surface area contributed by atoms with Crippen LogP contribution < -0.4 is 11.1 Å². The summed E-state index contributed by atoms with van der Waals surface area (Å²) in [7, 11) is 0. The summed E-state index contributed by atoms with van der Waals surface area (Å²) in [6, 6.07) is 18.9. The molecule has 0 aliphatic carbocycles. The number of benzene rings is 2. The number of hydrogen-bond acceptors (Lipinski definition) is 6. The van der Waals surface area contributed by atoms with Crippen LogP contribution in [0.2, 0.25) is 0 Å². The Kier molecular flexibility index (Phi) is 5.82. The molecule has 7 nitrogen and oxygen atoms in total. The average molecular weight is 352 g/mol. The van der Waals surface area contributed by atoms with Crippen LogP contribution in [-0.4, -0.2) is 16.3 Å². The molecule has 0 spiro atoms. The monoisotopic (exact) mass is 352 g/mol. The van der Waals surface area contributed by atoms with Gasteiger partial charge in [-0.15, -0.1) is 5.10 Å². The molecule has 1 heterocycles. The van der Waals surface area contributed by atoms with Gasteiger partial charge in [-0.3, -0.25) is 0 Å². The maximum Gasteiger partial charge on any atom is 0.408 e. The van der Waals surface area contributed by atoms with Gasteiger partial charge in [0.05, 0.1) is 0 Å². The molecule has 7 heteroatoms. The van der Waals surface area contributed by atoms with Gasteiger partial charge in [-0.1, -0.05) is 65.8 Å². The molecule has 26 heavy (non-hydrogen) atoms. The van der Waals surface area contributed by atoms with E-state index in [4.69, 9.17) is 14.9 Å². The SMILES string of the molecule is Nc1nnc(C(CCc2ccccc2)NC(=O)OCc2ccccc2)o1. The van der Waals surface area contributed by atoms with Crippen LogP contribution in [0.4, 0.5) is 10.8 Å². The Morgan fingerprint density at radius 3 is 2.31 bits per heavy atom. The molecule has 2 aromatic carbocycles. The van der Waals surface area contributed by atoms with Crippen LogP contribution in [0.15, 0.2) is 65.1 Å². The first-order valence-electron chi connectivity index (χ1n) is 8.31. The summed E-state index contributed by atoms with van der Waals surface area (Å²) in [6.07, 6.45) is 0.752. The van der Waals surface area contributed by atoms with Crippen LogP contribution in [0.3, 0.4) is 0 Å². The summed E-state index contributed by atoms with van der Waals surface area (Å²) in [5, 5.41) is 10.3. The number of aryl methyl sites for hydroxylation is 1. The molecule has 0 saturated heterocycles. The van der Waals surface area contributed by atoms with Crippen LogP contribution in [0.25, 0.3) is 0 Å². The molecule has 0 fully saturated rings. The van der Waals surface area contributed by atoms with Crippen molar-refractivity contribution in [2.75, 3.05) is 5.73 Å². The Bertz CT molecular complexity index is 821. The zero-order chi connectivity index (χ0) is 18.2. The highest BCUT2D eigenvalue weighted by molar-refractivity contribution is 5.67. The number of nitrogens with zero attached hydrogens (tertiary/aromatic N) is 2. The van der Waals surface area contributed by atoms with E-state index in [1.807, 2.05) is 60.7 Å². The van der Waals surface area contributed by atoms with E-state index in [1.54, 1.807) is 0 Å². The number of ether oxygens (including phenoxy) is 1. The van der Waals surface area contributed by atoms with Crippen molar-refractivity contribution in [3.8, 4) is 0 Å². The summed E-state index contributed by atoms with van der Waals surface area (Å²) in [4.78, 5) is 12.2. The molecule has 3 N–H and O–H groups in total. The van der Waals surface area contributed by atoms with E-state index in [9.17, 15) is 4.79 Å². The summed E-state index contributed by atoms with van der Waals surface area (Å²) in [5.41, 5.74) is 7.56. The lowest BCUT2D eigenvalue weighted by atomic mass is 10.1. The molecule has 0 saturated carbocycles. The molecular formula is C19H20N4O3. The van der Waals surface area contributed by atoms with Gasteiger partial charge in [0, 0.05) is 0 Å². The molecule has 1 unspecified atom stereocenters. The van der Waals surface area contributed by atoms with Gasteiger partial charge in [0.15, 0.2) is 0 Å². The highest BCUT2D eigenvalue weighted by Gasteiger charge is 2.21. The number of nitrogens with two attached hydrogens (primary N) is 1. The largest absolute Gasteiger partial charge is 0.445 e. The maximum atomic E-state index is 12.2. The van der Waals surface area contributed by atoms with E-state index in [0.29, 0.717) is 6.42 Å². The van der Waals surface area contributed by atoms with Gasteiger partial charge in [-0.05, 0) is 24.0 Å². The number of nitrogen functional groups attached to an aromatic ring is 1. The number of amides is 1. The molecular weight excluding hydrogens is 332 g/mol. The Labute approximate surface area is 151 Å². The van der Waals surface area contributed by atoms with Crippen molar-refractivity contribution < 1.29 is 13.9 Å². The molecule has 3 aromatic rings. The summed E-state index contributed by atoms with van der Waals surface area (Å²) in [6.45, 7) is 0.185. The Balaban J connectivity index is 1.60. The first-order valence-corrected chi connectivity index (χ1v) is 8.31. The van der Waals surface area contributed by atoms with Crippen molar-refractivity contribution in [1.29, 1.82) is 0 Å². The lowest BCUT2D eigenvalue weighted by Crippen LogP contribution is -2.29. The minimum Gasteiger partial charge on any atom is -0.445 e. The summed E-state index contributed by atoms with van der Waals surface area (Å²) < 4.78 is 10.6. The topological polar surface area (TPSA) is 103 Å². The minimum atomic E-state index is -0.552. The van der Waals surface area contributed by atoms with Gasteiger partial charge >= 0.3 is 12.1 Å². The van der Waals surface area contributed by atoms with Crippen LogP contribution >= 0.6 is 0 Å². The number of aromatic nitrogens is 2. The normalized spacial score (nSPS) is 11.7. The van der Waals surface area contributed by atoms with Crippen molar-refractivity contribution in [2.45, 2.75) is 25.5 Å². The zero-order valence-corrected chi connectivity index (χ0v) is 14.2. The number of nitrogens with one attached hydrogen (secondary N) is 1. The quantitative estimate of drug-likeness (QED) is 0.676. The van der Waals surface area contributed by atoms with Gasteiger partial charge in [0.2, 0.25) is 5.89 Å². The van der Waals surface area contributed by atoms with Crippen molar-refractivity contribution in [3.05, 3.63) is 77.7 Å². The first kappa shape index (κ1) is 17.5. The number of rotatable bonds is 7. The summed E-state index contributed by atoms with van der Waals surface area (Å²) in [5.74, 6) is 0.259. The van der Waals surface area contributed by atoms with E-state index in [1.165, 1.54) is 0 Å². The van der Waals surface area contributed by atoms with E-state index in [2.05, 4.69) is 15.5 Å². The minimum absolute atomic E-state index is 0.0378. The predicted molar refractivity (Wildman–Crippen MR) is 96.0 cm³/mol. The average Bonchev–Trinajstić information content (AvgIpc) is 3.11. The third-order valence-corrected chi connectivity index (χ3v) is 3.82. The molecule has 1 aromatic heterocycles. The highest BCUT2D eigenvalue weighted by atomic mass is 16.5. The molecule has 0 aliphatic heterocycles. The first-order chi connectivity index (χ1) is 12.7. The van der Waals surface area contributed by atoms with Crippen molar-refractivity contribution >= 4 is 12.1 Å². The lowest BCUT2D eigenvalue weighted by molar-refractivity contribution is 0.133. The maximum absolute atomic E-state index is 12.2. The molecule has 134 valence electrons. The number of hydrogen-bond donors (Lipinski definition) is 2.